The van der Waals surface area contributed by atoms with Crippen molar-refractivity contribution in [2.75, 3.05) is 7.05 Å². The number of nitrogens with one attached hydrogen (secondary N) is 1. The van der Waals surface area contributed by atoms with Crippen LogP contribution in [0.15, 0.2) is 37.1 Å². The number of aromatic nitrogens is 3. The standard InChI is InChI=1S/C14H20N4/c1-11(12-6-5-7-16-8-12)18-10-17-9-13(18)14(2,3)15-4/h5-11,15H,1-4H3. The highest BCUT2D eigenvalue weighted by Crippen LogP contribution is 2.25. The maximum absolute atomic E-state index is 4.29. The van der Waals surface area contributed by atoms with Gasteiger partial charge in [-0.1, -0.05) is 6.07 Å². The summed E-state index contributed by atoms with van der Waals surface area (Å²) in [6.07, 6.45) is 7.50. The molecule has 0 amide bonds. The van der Waals surface area contributed by atoms with Crippen molar-refractivity contribution in [2.24, 2.45) is 0 Å². The first kappa shape index (κ1) is 12.8. The van der Waals surface area contributed by atoms with E-state index >= 15 is 0 Å². The Morgan fingerprint density at radius 2 is 2.06 bits per heavy atom. The zero-order chi connectivity index (χ0) is 13.2. The van der Waals surface area contributed by atoms with Crippen LogP contribution in [0.1, 0.15) is 38.1 Å². The Morgan fingerprint density at radius 1 is 1.28 bits per heavy atom. The van der Waals surface area contributed by atoms with Crippen molar-refractivity contribution in [1.82, 2.24) is 19.9 Å². The Morgan fingerprint density at radius 3 is 2.67 bits per heavy atom. The Balaban J connectivity index is 2.38. The van der Waals surface area contributed by atoms with Crippen LogP contribution in [0.3, 0.4) is 0 Å². The molecule has 0 spiro atoms. The third kappa shape index (κ3) is 2.29. The smallest absolute Gasteiger partial charge is 0.0954 e. The van der Waals surface area contributed by atoms with E-state index in [-0.39, 0.29) is 11.6 Å². The van der Waals surface area contributed by atoms with E-state index in [1.807, 2.05) is 31.8 Å². The van der Waals surface area contributed by atoms with Gasteiger partial charge in [0.15, 0.2) is 0 Å². The van der Waals surface area contributed by atoms with Crippen LogP contribution in [0.4, 0.5) is 0 Å². The van der Waals surface area contributed by atoms with Crippen molar-refractivity contribution in [2.45, 2.75) is 32.4 Å². The molecule has 0 aromatic carbocycles. The highest BCUT2D eigenvalue weighted by Gasteiger charge is 2.24. The number of hydrogen-bond donors (Lipinski definition) is 1. The Hall–Kier alpha value is -1.68. The van der Waals surface area contributed by atoms with E-state index in [9.17, 15) is 0 Å². The first-order chi connectivity index (χ1) is 8.56. The van der Waals surface area contributed by atoms with Gasteiger partial charge in [0.2, 0.25) is 0 Å². The summed E-state index contributed by atoms with van der Waals surface area (Å²) in [5.41, 5.74) is 2.25. The van der Waals surface area contributed by atoms with Crippen LogP contribution in [0, 0.1) is 0 Å². The average molecular weight is 244 g/mol. The zero-order valence-electron chi connectivity index (χ0n) is 11.4. The van der Waals surface area contributed by atoms with Gasteiger partial charge in [-0.05, 0) is 39.4 Å². The van der Waals surface area contributed by atoms with E-state index in [0.29, 0.717) is 0 Å². The molecule has 1 atom stereocenters. The lowest BCUT2D eigenvalue weighted by Gasteiger charge is -2.28. The third-order valence-corrected chi connectivity index (χ3v) is 3.52. The normalized spacial score (nSPS) is 13.6. The minimum absolute atomic E-state index is 0.104. The molecule has 2 heterocycles. The topological polar surface area (TPSA) is 42.7 Å². The molecule has 2 aromatic rings. The predicted molar refractivity (Wildman–Crippen MR) is 72.4 cm³/mol. The monoisotopic (exact) mass is 244 g/mol. The summed E-state index contributed by atoms with van der Waals surface area (Å²) in [6, 6.07) is 4.28. The van der Waals surface area contributed by atoms with E-state index in [1.165, 1.54) is 11.3 Å². The first-order valence-electron chi connectivity index (χ1n) is 6.17. The molecule has 0 saturated carbocycles. The highest BCUT2D eigenvalue weighted by atomic mass is 15.1. The number of hydrogen-bond acceptors (Lipinski definition) is 3. The van der Waals surface area contributed by atoms with Crippen LogP contribution in [0.2, 0.25) is 0 Å². The van der Waals surface area contributed by atoms with Gasteiger partial charge in [-0.2, -0.15) is 0 Å². The van der Waals surface area contributed by atoms with Crippen molar-refractivity contribution in [3.63, 3.8) is 0 Å². The van der Waals surface area contributed by atoms with Crippen molar-refractivity contribution in [1.29, 1.82) is 0 Å². The highest BCUT2D eigenvalue weighted by molar-refractivity contribution is 5.19. The maximum atomic E-state index is 4.29. The van der Waals surface area contributed by atoms with Gasteiger partial charge in [-0.15, -0.1) is 0 Å². The molecule has 96 valence electrons. The molecule has 18 heavy (non-hydrogen) atoms. The fourth-order valence-corrected chi connectivity index (χ4v) is 2.01. The maximum Gasteiger partial charge on any atom is 0.0954 e. The molecular weight excluding hydrogens is 224 g/mol. The van der Waals surface area contributed by atoms with Crippen LogP contribution in [0.5, 0.6) is 0 Å². The molecule has 4 nitrogen and oxygen atoms in total. The number of pyridine rings is 1. The van der Waals surface area contributed by atoms with Gasteiger partial charge in [0.05, 0.1) is 29.8 Å². The molecular formula is C14H20N4. The second-order valence-corrected chi connectivity index (χ2v) is 5.02. The van der Waals surface area contributed by atoms with Gasteiger partial charge < -0.3 is 9.88 Å². The minimum Gasteiger partial charge on any atom is -0.326 e. The summed E-state index contributed by atoms with van der Waals surface area (Å²) in [5, 5.41) is 3.31. The lowest BCUT2D eigenvalue weighted by Crippen LogP contribution is -2.36. The quantitative estimate of drug-likeness (QED) is 0.897. The van der Waals surface area contributed by atoms with Gasteiger partial charge in [0, 0.05) is 12.4 Å². The molecule has 0 aliphatic carbocycles. The zero-order valence-corrected chi connectivity index (χ0v) is 11.4. The lowest BCUT2D eigenvalue weighted by atomic mass is 10.0. The molecule has 0 radical (unpaired) electrons. The summed E-state index contributed by atoms with van der Waals surface area (Å²) in [4.78, 5) is 8.46. The summed E-state index contributed by atoms with van der Waals surface area (Å²) in [7, 11) is 1.96. The molecule has 0 aliphatic rings. The summed E-state index contributed by atoms with van der Waals surface area (Å²) in [5.74, 6) is 0. The third-order valence-electron chi connectivity index (χ3n) is 3.52. The number of rotatable bonds is 4. The summed E-state index contributed by atoms with van der Waals surface area (Å²) < 4.78 is 2.19. The van der Waals surface area contributed by atoms with Gasteiger partial charge >= 0.3 is 0 Å². The molecule has 2 rings (SSSR count). The minimum atomic E-state index is -0.104. The fraction of sp³-hybridized carbons (Fsp3) is 0.429. The Bertz CT molecular complexity index is 502. The number of nitrogens with zero attached hydrogens (tertiary/aromatic N) is 3. The second kappa shape index (κ2) is 4.90. The SMILES string of the molecule is CNC(C)(C)c1cncn1C(C)c1cccnc1. The van der Waals surface area contributed by atoms with Crippen molar-refractivity contribution in [3.05, 3.63) is 48.3 Å². The molecule has 1 N–H and O–H groups in total. The summed E-state index contributed by atoms with van der Waals surface area (Å²) >= 11 is 0. The predicted octanol–water partition coefficient (Wildman–Crippen LogP) is 2.34. The molecule has 1 unspecified atom stereocenters. The molecule has 2 aromatic heterocycles. The van der Waals surface area contributed by atoms with Crippen LogP contribution in [-0.2, 0) is 5.54 Å². The Labute approximate surface area is 108 Å². The second-order valence-electron chi connectivity index (χ2n) is 5.02. The van der Waals surface area contributed by atoms with E-state index in [0.717, 1.165) is 0 Å². The van der Waals surface area contributed by atoms with E-state index in [4.69, 9.17) is 0 Å². The van der Waals surface area contributed by atoms with Gasteiger partial charge in [-0.3, -0.25) is 4.98 Å². The van der Waals surface area contributed by atoms with Crippen molar-refractivity contribution in [3.8, 4) is 0 Å². The van der Waals surface area contributed by atoms with E-state index < -0.39 is 0 Å². The average Bonchev–Trinajstić information content (AvgIpc) is 2.89. The molecule has 0 saturated heterocycles. The first-order valence-corrected chi connectivity index (χ1v) is 6.17. The van der Waals surface area contributed by atoms with Crippen molar-refractivity contribution < 1.29 is 0 Å². The van der Waals surface area contributed by atoms with Crippen LogP contribution in [-0.4, -0.2) is 21.6 Å². The van der Waals surface area contributed by atoms with E-state index in [1.54, 1.807) is 6.20 Å². The van der Waals surface area contributed by atoms with Gasteiger partial charge in [0.25, 0.3) is 0 Å². The van der Waals surface area contributed by atoms with Gasteiger partial charge in [-0.25, -0.2) is 4.98 Å². The van der Waals surface area contributed by atoms with Crippen LogP contribution < -0.4 is 5.32 Å². The Kier molecular flexibility index (Phi) is 3.48. The van der Waals surface area contributed by atoms with Crippen LogP contribution >= 0.6 is 0 Å². The van der Waals surface area contributed by atoms with E-state index in [2.05, 4.69) is 46.7 Å². The van der Waals surface area contributed by atoms with Gasteiger partial charge in [0.1, 0.15) is 0 Å². The van der Waals surface area contributed by atoms with Crippen LogP contribution in [0.25, 0.3) is 0 Å². The molecule has 4 heteroatoms. The van der Waals surface area contributed by atoms with Crippen molar-refractivity contribution >= 4 is 0 Å². The lowest BCUT2D eigenvalue weighted by molar-refractivity contribution is 0.401. The summed E-state index contributed by atoms with van der Waals surface area (Å²) in [6.45, 7) is 6.46. The molecule has 0 fully saturated rings. The number of imidazole rings is 1. The molecule has 0 aliphatic heterocycles. The largest absolute Gasteiger partial charge is 0.326 e. The molecule has 0 bridgehead atoms. The fourth-order valence-electron chi connectivity index (χ4n) is 2.01.